The topological polar surface area (TPSA) is 51.5 Å². The summed E-state index contributed by atoms with van der Waals surface area (Å²) in [6.07, 6.45) is 2.70. The number of phenolic OH excluding ortho intramolecular Hbond substituents is 1. The minimum absolute atomic E-state index is 0.00694. The van der Waals surface area contributed by atoms with Crippen molar-refractivity contribution in [3.05, 3.63) is 41.2 Å². The van der Waals surface area contributed by atoms with E-state index in [1.807, 2.05) is 36.6 Å². The monoisotopic (exact) mass is 299 g/mol. The highest BCUT2D eigenvalue weighted by molar-refractivity contribution is 6.01. The number of phenols is 1. The Bertz CT molecular complexity index is 707. The molecule has 0 saturated heterocycles. The van der Waals surface area contributed by atoms with Crippen molar-refractivity contribution in [1.29, 1.82) is 0 Å². The summed E-state index contributed by atoms with van der Waals surface area (Å²) in [5.74, 6) is 0.871. The summed E-state index contributed by atoms with van der Waals surface area (Å²) in [4.78, 5) is 12.4. The van der Waals surface area contributed by atoms with Crippen molar-refractivity contribution in [2.75, 3.05) is 7.11 Å². The van der Waals surface area contributed by atoms with Crippen molar-refractivity contribution in [3.63, 3.8) is 0 Å². The van der Waals surface area contributed by atoms with Crippen LogP contribution in [-0.4, -0.2) is 22.6 Å². The van der Waals surface area contributed by atoms with E-state index < -0.39 is 0 Å². The molecular formula is C18H21NO3. The molecule has 2 aromatic rings. The van der Waals surface area contributed by atoms with Crippen LogP contribution < -0.4 is 4.74 Å². The number of benzene rings is 1. The number of hydrogen-bond acceptors (Lipinski definition) is 3. The molecule has 0 aliphatic heterocycles. The van der Waals surface area contributed by atoms with Gasteiger partial charge in [0.25, 0.3) is 0 Å². The lowest BCUT2D eigenvalue weighted by Crippen LogP contribution is -2.06. The molecule has 1 saturated carbocycles. The van der Waals surface area contributed by atoms with Gasteiger partial charge >= 0.3 is 0 Å². The fourth-order valence-electron chi connectivity index (χ4n) is 2.92. The smallest absolute Gasteiger partial charge is 0.170 e. The van der Waals surface area contributed by atoms with E-state index in [1.165, 1.54) is 7.11 Å². The summed E-state index contributed by atoms with van der Waals surface area (Å²) in [6, 6.07) is 7.50. The molecule has 116 valence electrons. The fourth-order valence-corrected chi connectivity index (χ4v) is 2.92. The first kappa shape index (κ1) is 14.7. The second kappa shape index (κ2) is 5.52. The third kappa shape index (κ3) is 2.61. The molecule has 4 nitrogen and oxygen atoms in total. The number of nitrogens with zero attached hydrogens (tertiary/aromatic N) is 1. The average Bonchev–Trinajstić information content (AvgIpc) is 3.22. The van der Waals surface area contributed by atoms with Crippen LogP contribution in [0.5, 0.6) is 11.5 Å². The second-order valence-electron chi connectivity index (χ2n) is 6.06. The lowest BCUT2D eigenvalue weighted by atomic mass is 10.0. The van der Waals surface area contributed by atoms with Crippen LogP contribution in [0.2, 0.25) is 0 Å². The molecule has 1 aromatic carbocycles. The number of aryl methyl sites for hydroxylation is 2. The van der Waals surface area contributed by atoms with Gasteiger partial charge in [0, 0.05) is 29.9 Å². The van der Waals surface area contributed by atoms with Crippen LogP contribution in [0.1, 0.15) is 41.0 Å². The number of aromatic nitrogens is 1. The van der Waals surface area contributed by atoms with E-state index >= 15 is 0 Å². The number of Topliss-reactive ketones (excluding diaryl/α,β-unsaturated/α-hetero) is 1. The van der Waals surface area contributed by atoms with Gasteiger partial charge in [-0.05, 0) is 44.7 Å². The van der Waals surface area contributed by atoms with Gasteiger partial charge in [-0.2, -0.15) is 0 Å². The Morgan fingerprint density at radius 2 is 1.91 bits per heavy atom. The van der Waals surface area contributed by atoms with E-state index in [-0.39, 0.29) is 11.5 Å². The first-order valence-corrected chi connectivity index (χ1v) is 7.60. The third-order valence-electron chi connectivity index (χ3n) is 4.27. The number of carbonyl (C=O) groups is 1. The van der Waals surface area contributed by atoms with E-state index in [4.69, 9.17) is 4.74 Å². The molecule has 0 radical (unpaired) electrons. The maximum Gasteiger partial charge on any atom is 0.170 e. The Balaban J connectivity index is 2.05. The molecular weight excluding hydrogens is 278 g/mol. The molecule has 1 aliphatic rings. The Morgan fingerprint density at radius 3 is 2.45 bits per heavy atom. The Kier molecular flexibility index (Phi) is 3.69. The number of ketones is 1. The number of methoxy groups -OCH3 is 1. The Morgan fingerprint density at radius 1 is 1.27 bits per heavy atom. The zero-order valence-corrected chi connectivity index (χ0v) is 13.2. The SMILES string of the molecule is COc1cc(-n2c(C)ccc2C)cc(O)c1C(=O)CC1CC1. The van der Waals surface area contributed by atoms with Crippen molar-refractivity contribution in [2.24, 2.45) is 5.92 Å². The molecule has 0 unspecified atom stereocenters. The van der Waals surface area contributed by atoms with Gasteiger partial charge < -0.3 is 14.4 Å². The van der Waals surface area contributed by atoms with Crippen molar-refractivity contribution in [2.45, 2.75) is 33.1 Å². The van der Waals surface area contributed by atoms with Crippen molar-refractivity contribution >= 4 is 5.78 Å². The van der Waals surface area contributed by atoms with Gasteiger partial charge in [0.15, 0.2) is 5.78 Å². The van der Waals surface area contributed by atoms with E-state index in [0.29, 0.717) is 23.7 Å². The molecule has 1 N–H and O–H groups in total. The van der Waals surface area contributed by atoms with Gasteiger partial charge in [-0.15, -0.1) is 0 Å². The van der Waals surface area contributed by atoms with Crippen molar-refractivity contribution in [3.8, 4) is 17.2 Å². The molecule has 22 heavy (non-hydrogen) atoms. The molecule has 0 atom stereocenters. The normalized spacial score (nSPS) is 14.1. The zero-order chi connectivity index (χ0) is 15.9. The minimum Gasteiger partial charge on any atom is -0.507 e. The first-order chi connectivity index (χ1) is 10.5. The molecule has 4 heteroatoms. The van der Waals surface area contributed by atoms with E-state index in [1.54, 1.807) is 6.07 Å². The minimum atomic E-state index is -0.0376. The van der Waals surface area contributed by atoms with Crippen LogP contribution in [0.4, 0.5) is 0 Å². The molecule has 1 heterocycles. The molecule has 0 bridgehead atoms. The van der Waals surface area contributed by atoms with Gasteiger partial charge in [0.2, 0.25) is 0 Å². The predicted molar refractivity (Wildman–Crippen MR) is 85.1 cm³/mol. The summed E-state index contributed by atoms with van der Waals surface area (Å²) in [7, 11) is 1.53. The van der Waals surface area contributed by atoms with Gasteiger partial charge in [0.1, 0.15) is 17.1 Å². The standard InChI is InChI=1S/C18H21NO3/c1-11-4-5-12(2)19(11)14-9-16(21)18(17(10-14)22-3)15(20)8-13-6-7-13/h4-5,9-10,13,21H,6-8H2,1-3H3. The van der Waals surface area contributed by atoms with Gasteiger partial charge in [-0.1, -0.05) is 0 Å². The highest BCUT2D eigenvalue weighted by Crippen LogP contribution is 2.38. The van der Waals surface area contributed by atoms with E-state index in [2.05, 4.69) is 0 Å². The first-order valence-electron chi connectivity index (χ1n) is 7.60. The van der Waals surface area contributed by atoms with E-state index in [0.717, 1.165) is 29.9 Å². The summed E-state index contributed by atoms with van der Waals surface area (Å²) in [5.41, 5.74) is 3.24. The highest BCUT2D eigenvalue weighted by Gasteiger charge is 2.28. The molecule has 3 rings (SSSR count). The Labute approximate surface area is 130 Å². The number of aromatic hydroxyl groups is 1. The second-order valence-corrected chi connectivity index (χ2v) is 6.06. The maximum absolute atomic E-state index is 12.4. The van der Waals surface area contributed by atoms with Crippen molar-refractivity contribution in [1.82, 2.24) is 4.57 Å². The predicted octanol–water partition coefficient (Wildman–Crippen LogP) is 3.79. The summed E-state index contributed by atoms with van der Waals surface area (Å²) in [6.45, 7) is 4.01. The molecule has 0 spiro atoms. The maximum atomic E-state index is 12.4. The largest absolute Gasteiger partial charge is 0.507 e. The number of hydrogen-bond donors (Lipinski definition) is 1. The third-order valence-corrected chi connectivity index (χ3v) is 4.27. The fraction of sp³-hybridized carbons (Fsp3) is 0.389. The quantitative estimate of drug-likeness (QED) is 0.855. The number of ether oxygens (including phenoxy) is 1. The van der Waals surface area contributed by atoms with Crippen LogP contribution >= 0.6 is 0 Å². The van der Waals surface area contributed by atoms with Crippen LogP contribution in [-0.2, 0) is 0 Å². The lowest BCUT2D eigenvalue weighted by molar-refractivity contribution is 0.0970. The summed E-state index contributed by atoms with van der Waals surface area (Å²) < 4.78 is 7.40. The van der Waals surface area contributed by atoms with Crippen LogP contribution in [0.25, 0.3) is 5.69 Å². The van der Waals surface area contributed by atoms with Gasteiger partial charge in [-0.25, -0.2) is 0 Å². The van der Waals surface area contributed by atoms with Crippen LogP contribution in [0, 0.1) is 19.8 Å². The lowest BCUT2D eigenvalue weighted by Gasteiger charge is -2.15. The molecule has 0 amide bonds. The highest BCUT2D eigenvalue weighted by atomic mass is 16.5. The number of carbonyl (C=O) groups excluding carboxylic acids is 1. The molecule has 1 aromatic heterocycles. The van der Waals surface area contributed by atoms with Gasteiger partial charge in [0.05, 0.1) is 12.8 Å². The van der Waals surface area contributed by atoms with Crippen LogP contribution in [0.15, 0.2) is 24.3 Å². The molecule has 1 aliphatic carbocycles. The van der Waals surface area contributed by atoms with E-state index in [9.17, 15) is 9.90 Å². The average molecular weight is 299 g/mol. The van der Waals surface area contributed by atoms with Gasteiger partial charge in [-0.3, -0.25) is 4.79 Å². The van der Waals surface area contributed by atoms with Crippen molar-refractivity contribution < 1.29 is 14.6 Å². The summed E-state index contributed by atoms with van der Waals surface area (Å²) in [5, 5.41) is 10.4. The molecule has 1 fully saturated rings. The number of rotatable bonds is 5. The summed E-state index contributed by atoms with van der Waals surface area (Å²) >= 11 is 0. The Hall–Kier alpha value is -2.23. The zero-order valence-electron chi connectivity index (χ0n) is 13.2. The van der Waals surface area contributed by atoms with Crippen LogP contribution in [0.3, 0.4) is 0 Å².